The Morgan fingerprint density at radius 2 is 2.12 bits per heavy atom. The van der Waals surface area contributed by atoms with Crippen LogP contribution in [-0.2, 0) is 6.54 Å². The highest BCUT2D eigenvalue weighted by Crippen LogP contribution is 2.12. The normalized spacial score (nSPS) is 10.1. The maximum atomic E-state index is 5.90. The SMILES string of the molecule is Cc1ccc(NCc2cccc(Cl)c2)nc1. The van der Waals surface area contributed by atoms with Crippen LogP contribution in [0.1, 0.15) is 11.1 Å². The first-order valence-electron chi connectivity index (χ1n) is 5.15. The Hall–Kier alpha value is -1.54. The summed E-state index contributed by atoms with van der Waals surface area (Å²) >= 11 is 5.90. The Kier molecular flexibility index (Phi) is 3.42. The van der Waals surface area contributed by atoms with E-state index in [0.717, 1.165) is 28.5 Å². The van der Waals surface area contributed by atoms with Gasteiger partial charge in [-0.25, -0.2) is 4.98 Å². The summed E-state index contributed by atoms with van der Waals surface area (Å²) < 4.78 is 0. The smallest absolute Gasteiger partial charge is 0.126 e. The second-order valence-corrected chi connectivity index (χ2v) is 4.14. The van der Waals surface area contributed by atoms with Gasteiger partial charge in [0.15, 0.2) is 0 Å². The molecule has 0 saturated heterocycles. The fourth-order valence-corrected chi connectivity index (χ4v) is 1.62. The average Bonchev–Trinajstić information content (AvgIpc) is 2.28. The van der Waals surface area contributed by atoms with Gasteiger partial charge in [-0.15, -0.1) is 0 Å². The van der Waals surface area contributed by atoms with Crippen LogP contribution in [0.2, 0.25) is 5.02 Å². The highest BCUT2D eigenvalue weighted by atomic mass is 35.5. The summed E-state index contributed by atoms with van der Waals surface area (Å²) in [5.41, 5.74) is 2.31. The van der Waals surface area contributed by atoms with E-state index < -0.39 is 0 Å². The van der Waals surface area contributed by atoms with E-state index in [4.69, 9.17) is 11.6 Å². The number of pyridine rings is 1. The molecule has 0 aliphatic carbocycles. The van der Waals surface area contributed by atoms with Gasteiger partial charge in [0.05, 0.1) is 0 Å². The molecular weight excluding hydrogens is 220 g/mol. The molecule has 0 saturated carbocycles. The van der Waals surface area contributed by atoms with E-state index in [2.05, 4.69) is 10.3 Å². The van der Waals surface area contributed by atoms with Crippen LogP contribution in [0.3, 0.4) is 0 Å². The molecule has 0 fully saturated rings. The fraction of sp³-hybridized carbons (Fsp3) is 0.154. The van der Waals surface area contributed by atoms with E-state index in [0.29, 0.717) is 0 Å². The van der Waals surface area contributed by atoms with Crippen molar-refractivity contribution in [3.63, 3.8) is 0 Å². The molecule has 0 atom stereocenters. The van der Waals surface area contributed by atoms with E-state index in [-0.39, 0.29) is 0 Å². The molecule has 0 aliphatic heterocycles. The monoisotopic (exact) mass is 232 g/mol. The van der Waals surface area contributed by atoms with Crippen LogP contribution >= 0.6 is 11.6 Å². The molecule has 0 bridgehead atoms. The first-order chi connectivity index (χ1) is 7.74. The molecule has 1 aromatic carbocycles. The number of aryl methyl sites for hydroxylation is 1. The average molecular weight is 233 g/mol. The van der Waals surface area contributed by atoms with Crippen LogP contribution in [0.5, 0.6) is 0 Å². The summed E-state index contributed by atoms with van der Waals surface area (Å²) in [4.78, 5) is 4.27. The molecule has 82 valence electrons. The zero-order valence-corrected chi connectivity index (χ0v) is 9.83. The van der Waals surface area contributed by atoms with Gasteiger partial charge < -0.3 is 5.32 Å². The van der Waals surface area contributed by atoms with Crippen LogP contribution in [0.15, 0.2) is 42.6 Å². The largest absolute Gasteiger partial charge is 0.366 e. The predicted octanol–water partition coefficient (Wildman–Crippen LogP) is 3.66. The van der Waals surface area contributed by atoms with Gasteiger partial charge in [0, 0.05) is 17.8 Å². The van der Waals surface area contributed by atoms with Crippen molar-refractivity contribution >= 4 is 17.4 Å². The van der Waals surface area contributed by atoms with Crippen molar-refractivity contribution in [1.29, 1.82) is 0 Å². The molecule has 0 radical (unpaired) electrons. The van der Waals surface area contributed by atoms with Gasteiger partial charge in [0.2, 0.25) is 0 Å². The third-order valence-electron chi connectivity index (χ3n) is 2.27. The Labute approximate surface area is 100 Å². The molecule has 0 spiro atoms. The third kappa shape index (κ3) is 2.97. The molecule has 1 heterocycles. The van der Waals surface area contributed by atoms with Crippen LogP contribution in [0, 0.1) is 6.92 Å². The highest BCUT2D eigenvalue weighted by Gasteiger charge is 1.95. The van der Waals surface area contributed by atoms with Gasteiger partial charge in [0.25, 0.3) is 0 Å². The minimum atomic E-state index is 0.733. The number of benzene rings is 1. The van der Waals surface area contributed by atoms with Gasteiger partial charge in [-0.1, -0.05) is 29.8 Å². The first-order valence-corrected chi connectivity index (χ1v) is 5.53. The number of nitrogens with zero attached hydrogens (tertiary/aromatic N) is 1. The Balaban J connectivity index is 1.99. The van der Waals surface area contributed by atoms with Crippen LogP contribution in [-0.4, -0.2) is 4.98 Å². The second kappa shape index (κ2) is 4.99. The summed E-state index contributed by atoms with van der Waals surface area (Å²) in [6.07, 6.45) is 1.85. The van der Waals surface area contributed by atoms with Crippen LogP contribution in [0.25, 0.3) is 0 Å². The summed E-state index contributed by atoms with van der Waals surface area (Å²) in [7, 11) is 0. The molecule has 2 aromatic rings. The standard InChI is InChI=1S/C13H13ClN2/c1-10-5-6-13(15-8-10)16-9-11-3-2-4-12(14)7-11/h2-8H,9H2,1H3,(H,15,16). The minimum Gasteiger partial charge on any atom is -0.366 e. The third-order valence-corrected chi connectivity index (χ3v) is 2.51. The number of rotatable bonds is 3. The van der Waals surface area contributed by atoms with Gasteiger partial charge in [-0.3, -0.25) is 0 Å². The summed E-state index contributed by atoms with van der Waals surface area (Å²) in [5, 5.41) is 4.01. The fourth-order valence-electron chi connectivity index (χ4n) is 1.41. The zero-order chi connectivity index (χ0) is 11.4. The lowest BCUT2D eigenvalue weighted by Gasteiger charge is -2.06. The number of halogens is 1. The number of hydrogen-bond acceptors (Lipinski definition) is 2. The number of anilines is 1. The Bertz CT molecular complexity index is 466. The molecule has 2 rings (SSSR count). The Morgan fingerprint density at radius 1 is 1.25 bits per heavy atom. The van der Waals surface area contributed by atoms with Crippen molar-refractivity contribution in [2.45, 2.75) is 13.5 Å². The van der Waals surface area contributed by atoms with Crippen molar-refractivity contribution in [3.8, 4) is 0 Å². The quantitative estimate of drug-likeness (QED) is 0.874. The van der Waals surface area contributed by atoms with Crippen LogP contribution in [0.4, 0.5) is 5.82 Å². The molecule has 0 unspecified atom stereocenters. The van der Waals surface area contributed by atoms with Gasteiger partial charge in [0.1, 0.15) is 5.82 Å². The number of hydrogen-bond donors (Lipinski definition) is 1. The van der Waals surface area contributed by atoms with Crippen molar-refractivity contribution in [3.05, 3.63) is 58.7 Å². The summed E-state index contributed by atoms with van der Waals surface area (Å²) in [6.45, 7) is 2.75. The molecular formula is C13H13ClN2. The maximum absolute atomic E-state index is 5.90. The molecule has 0 amide bonds. The summed E-state index contributed by atoms with van der Waals surface area (Å²) in [5.74, 6) is 0.880. The van der Waals surface area contributed by atoms with E-state index in [1.165, 1.54) is 0 Å². The predicted molar refractivity (Wildman–Crippen MR) is 67.8 cm³/mol. The molecule has 3 heteroatoms. The lowest BCUT2D eigenvalue weighted by atomic mass is 10.2. The first kappa shape index (κ1) is 11.0. The van der Waals surface area contributed by atoms with Crippen LogP contribution < -0.4 is 5.32 Å². The minimum absolute atomic E-state index is 0.733. The Morgan fingerprint density at radius 3 is 2.81 bits per heavy atom. The number of nitrogens with one attached hydrogen (secondary N) is 1. The van der Waals surface area contributed by atoms with E-state index in [9.17, 15) is 0 Å². The summed E-state index contributed by atoms with van der Waals surface area (Å²) in [6, 6.07) is 11.8. The zero-order valence-electron chi connectivity index (χ0n) is 9.07. The lowest BCUT2D eigenvalue weighted by molar-refractivity contribution is 1.11. The van der Waals surface area contributed by atoms with Gasteiger partial charge in [-0.2, -0.15) is 0 Å². The second-order valence-electron chi connectivity index (χ2n) is 3.70. The van der Waals surface area contributed by atoms with Crippen molar-refractivity contribution in [1.82, 2.24) is 4.98 Å². The molecule has 1 aromatic heterocycles. The molecule has 1 N–H and O–H groups in total. The molecule has 2 nitrogen and oxygen atoms in total. The lowest BCUT2D eigenvalue weighted by Crippen LogP contribution is -2.00. The molecule has 0 aliphatic rings. The molecule has 16 heavy (non-hydrogen) atoms. The number of aromatic nitrogens is 1. The maximum Gasteiger partial charge on any atom is 0.126 e. The van der Waals surface area contributed by atoms with Crippen molar-refractivity contribution in [2.75, 3.05) is 5.32 Å². The highest BCUT2D eigenvalue weighted by molar-refractivity contribution is 6.30. The topological polar surface area (TPSA) is 24.9 Å². The van der Waals surface area contributed by atoms with E-state index in [1.54, 1.807) is 0 Å². The van der Waals surface area contributed by atoms with Crippen molar-refractivity contribution < 1.29 is 0 Å². The van der Waals surface area contributed by atoms with Gasteiger partial charge in [-0.05, 0) is 36.2 Å². The van der Waals surface area contributed by atoms with Gasteiger partial charge >= 0.3 is 0 Å². The van der Waals surface area contributed by atoms with E-state index in [1.807, 2.05) is 49.5 Å². The van der Waals surface area contributed by atoms with E-state index >= 15 is 0 Å². The van der Waals surface area contributed by atoms with Crippen molar-refractivity contribution in [2.24, 2.45) is 0 Å².